The Kier molecular flexibility index (Phi) is 29.8. The minimum Gasteiger partial charge on any atom is -0.507 e. The van der Waals surface area contributed by atoms with Crippen molar-refractivity contribution in [1.82, 2.24) is 43.6 Å². The Balaban J connectivity index is 0.000000162. The second kappa shape index (κ2) is 40.5. The Hall–Kier alpha value is -12.8. The maximum Gasteiger partial charge on any atom is 0.137 e. The number of benzene rings is 11. The van der Waals surface area contributed by atoms with E-state index in [9.17, 15) is 15.3 Å². The fourth-order valence-electron chi connectivity index (χ4n) is 19.0. The number of phenolic OH excluding ortho intramolecular Hbond substituents is 3. The summed E-state index contributed by atoms with van der Waals surface area (Å²) in [4.78, 5) is 30.1. The number of rotatable bonds is 11. The molecule has 9 aromatic heterocycles. The van der Waals surface area contributed by atoms with Crippen molar-refractivity contribution in [1.29, 1.82) is 0 Å². The van der Waals surface area contributed by atoms with E-state index in [4.69, 9.17) is 24.9 Å². The van der Waals surface area contributed by atoms with Crippen molar-refractivity contribution < 1.29 is 78.5 Å². The number of fused-ring (bicyclic) bond motifs is 9. The molecule has 145 heavy (non-hydrogen) atoms. The average Bonchev–Trinajstić information content (AvgIpc) is 1.59. The van der Waals surface area contributed by atoms with Crippen LogP contribution in [-0.4, -0.2) is 58.9 Å². The summed E-state index contributed by atoms with van der Waals surface area (Å²) in [6.45, 7) is 57.3. The van der Waals surface area contributed by atoms with Gasteiger partial charge >= 0.3 is 0 Å². The zero-order valence-electron chi connectivity index (χ0n) is 88.1. The van der Waals surface area contributed by atoms with E-state index < -0.39 is 0 Å². The minimum atomic E-state index is -0.251. The van der Waals surface area contributed by atoms with Gasteiger partial charge in [0, 0.05) is 121 Å². The third-order valence-corrected chi connectivity index (χ3v) is 27.5. The van der Waals surface area contributed by atoms with Crippen LogP contribution in [0.25, 0.3) is 173 Å². The van der Waals surface area contributed by atoms with E-state index in [0.29, 0.717) is 11.3 Å². The number of hydrogen-bond donors (Lipinski definition) is 3. The zero-order valence-corrected chi connectivity index (χ0v) is 94.9. The molecule has 12 nitrogen and oxygen atoms in total. The van der Waals surface area contributed by atoms with E-state index in [-0.39, 0.29) is 118 Å². The van der Waals surface area contributed by atoms with Crippen LogP contribution in [0.3, 0.4) is 0 Å². The van der Waals surface area contributed by atoms with Gasteiger partial charge in [-0.05, 0) is 276 Å². The molecule has 0 spiro atoms. The summed E-state index contributed by atoms with van der Waals surface area (Å²) in [6, 6.07) is 108. The number of aryl methyl sites for hydroxylation is 2. The number of para-hydroxylation sites is 1. The topological polar surface area (TPSA) is 153 Å². The number of pyridine rings is 6. The molecule has 0 aliphatic heterocycles. The van der Waals surface area contributed by atoms with Gasteiger partial charge in [0.25, 0.3) is 0 Å². The molecule has 20 aromatic rings. The van der Waals surface area contributed by atoms with Gasteiger partial charge in [0.15, 0.2) is 0 Å². The van der Waals surface area contributed by atoms with Crippen molar-refractivity contribution in [3.05, 3.63) is 371 Å². The predicted molar refractivity (Wildman–Crippen MR) is 593 cm³/mol. The van der Waals surface area contributed by atoms with Gasteiger partial charge in [-0.1, -0.05) is 328 Å². The van der Waals surface area contributed by atoms with Crippen LogP contribution in [-0.2, 0) is 107 Å². The fourth-order valence-corrected chi connectivity index (χ4v) is 19.0. The molecular weight excluding hydrogens is 2320 g/mol. The van der Waals surface area contributed by atoms with Gasteiger partial charge in [0.2, 0.25) is 0 Å². The molecule has 746 valence electrons. The van der Waals surface area contributed by atoms with E-state index >= 15 is 0 Å². The molecule has 0 unspecified atom stereocenters. The van der Waals surface area contributed by atoms with Crippen molar-refractivity contribution in [2.75, 3.05) is 0 Å². The van der Waals surface area contributed by atoms with E-state index in [1.54, 1.807) is 6.07 Å². The number of aromatic hydroxyl groups is 3. The Morgan fingerprint density at radius 2 is 0.579 bits per heavy atom. The Morgan fingerprint density at radius 3 is 0.938 bits per heavy atom. The van der Waals surface area contributed by atoms with Gasteiger partial charge in [-0.2, -0.15) is 0 Å². The van der Waals surface area contributed by atoms with Gasteiger partial charge in [-0.25, -0.2) is 15.0 Å². The number of phenols is 3. The molecule has 0 radical (unpaired) electrons. The van der Waals surface area contributed by atoms with Crippen molar-refractivity contribution >= 4 is 65.4 Å². The summed E-state index contributed by atoms with van der Waals surface area (Å²) < 4.78 is 6.71. The maximum atomic E-state index is 11.9. The SMILES string of the molecule is CC(C)(C)c1cc(-c2cc(C(C)(C)C)cc(C(C)(C)C)c2O)nc(-n2c3[c-]c(-c4ccccn4)ccc3c3cc(C(C)(C)C)ccc32)c1.CC(C)(C)c1cc(-c2ccccc2O)nc(-n2c3[c-]c(-c4cc(-c5ccccc5)ccn4)ccc3c3cc(C(C)(C)C)ccc32)c1.Cc1cc(C)c(O)c(-c2cc(C(C)(C)C)cc(-n3c4[c-]c(-c5cc(-c6ccccc6)ccn5)ccc4c4cc(C(C)(C)C)ccc43)n2)c1.[Pt].[Pt].[Pt]. The van der Waals surface area contributed by atoms with Crippen LogP contribution in [0.4, 0.5) is 0 Å². The molecule has 20 rings (SSSR count). The quantitative estimate of drug-likeness (QED) is 0.107. The van der Waals surface area contributed by atoms with E-state index in [2.05, 4.69) is 410 Å². The monoisotopic (exact) mass is 2450 g/mol. The van der Waals surface area contributed by atoms with Gasteiger partial charge in [-0.15, -0.1) is 71.3 Å². The summed E-state index contributed by atoms with van der Waals surface area (Å²) in [5, 5.41) is 40.8. The van der Waals surface area contributed by atoms with Gasteiger partial charge in [0.05, 0.1) is 17.1 Å². The molecule has 0 atom stereocenters. The smallest absolute Gasteiger partial charge is 0.137 e. The summed E-state index contributed by atoms with van der Waals surface area (Å²) in [5.41, 5.74) is 30.7. The third kappa shape index (κ3) is 21.9. The van der Waals surface area contributed by atoms with E-state index in [1.807, 2.05) is 98.3 Å². The molecular formula is C130H130N9O3Pt3-3. The van der Waals surface area contributed by atoms with Crippen molar-refractivity contribution in [2.24, 2.45) is 0 Å². The first-order valence-electron chi connectivity index (χ1n) is 49.5. The Morgan fingerprint density at radius 1 is 0.241 bits per heavy atom. The van der Waals surface area contributed by atoms with Crippen molar-refractivity contribution in [3.63, 3.8) is 0 Å². The van der Waals surface area contributed by atoms with E-state index in [0.717, 1.165) is 195 Å². The normalized spacial score (nSPS) is 12.3. The second-order valence-corrected chi connectivity index (χ2v) is 46.6. The first-order chi connectivity index (χ1) is 67.0. The molecule has 15 heteroatoms. The predicted octanol–water partition coefficient (Wildman–Crippen LogP) is 33.6. The first kappa shape index (κ1) is 106. The fraction of sp³-hybridized carbons (Fsp3) is 0.262. The second-order valence-electron chi connectivity index (χ2n) is 46.6. The number of hydrogen-bond acceptors (Lipinski definition) is 9. The average molecular weight is 2450 g/mol. The number of nitrogens with zero attached hydrogens (tertiary/aromatic N) is 9. The van der Waals surface area contributed by atoms with Gasteiger partial charge < -0.3 is 44.0 Å². The Labute approximate surface area is 899 Å². The van der Waals surface area contributed by atoms with E-state index in [1.165, 1.54) is 27.6 Å². The minimum absolute atomic E-state index is 0. The zero-order chi connectivity index (χ0) is 101. The largest absolute Gasteiger partial charge is 0.507 e. The molecule has 0 saturated carbocycles. The van der Waals surface area contributed by atoms with Crippen LogP contribution in [0, 0.1) is 32.0 Å². The summed E-state index contributed by atoms with van der Waals surface area (Å²) in [6.07, 6.45) is 5.56. The van der Waals surface area contributed by atoms with Crippen molar-refractivity contribution in [3.8, 4) is 125 Å². The van der Waals surface area contributed by atoms with Crippen LogP contribution in [0.5, 0.6) is 17.2 Å². The van der Waals surface area contributed by atoms with Crippen molar-refractivity contribution in [2.45, 2.75) is 223 Å². The summed E-state index contributed by atoms with van der Waals surface area (Å²) in [5.74, 6) is 3.14. The van der Waals surface area contributed by atoms with Crippen LogP contribution in [0.1, 0.15) is 222 Å². The molecule has 9 heterocycles. The summed E-state index contributed by atoms with van der Waals surface area (Å²) >= 11 is 0. The third-order valence-electron chi connectivity index (χ3n) is 27.5. The first-order valence-corrected chi connectivity index (χ1v) is 49.5. The molecule has 0 aliphatic carbocycles. The van der Waals surface area contributed by atoms with Gasteiger partial charge in [-0.3, -0.25) is 0 Å². The standard InChI is InChI=1S/C44H42N3O.C44H50N3O.C42H38N3O.3Pt/c1-27-20-28(2)42(48)36(21-27)38-25-33(44(6,7)8)26-41(46-38)47-39-17-15-32(43(3,4)5)24-35(39)34-16-14-31(23-40(34)47)37-22-30(18-19-45-37)29-12-10-9-11-13-29;1-41(2,3)28-17-19-37-32(22-28)31-18-16-27(35-15-13-14-20-45-35)21-38(31)47(37)39-26-30(43(7,8)9)25-36(46-39)33-23-29(42(4,5)6)24-34(40(33)48)44(10,11)12;1-41(2,3)30-17-19-37-34(24-30)32-18-16-29(35-22-28(20-21-43-35)27-12-8-7-9-13-27)23-38(32)45(37)40-26-31(42(4,5)6)25-36(44-40)33-14-10-11-15-39(33)46;;;/h9-22,24-26,48H,1-8H3;13-20,22-26,48H,1-12H3;7-22,24-26,46H,1-6H3;;;/q3*-1;;;. The molecule has 0 aliphatic rings. The summed E-state index contributed by atoms with van der Waals surface area (Å²) in [7, 11) is 0. The van der Waals surface area contributed by atoms with Crippen LogP contribution < -0.4 is 0 Å². The molecule has 0 amide bonds. The van der Waals surface area contributed by atoms with Gasteiger partial charge in [0.1, 0.15) is 34.7 Å². The molecule has 11 aromatic carbocycles. The van der Waals surface area contributed by atoms with Crippen LogP contribution in [0.2, 0.25) is 0 Å². The molecule has 0 saturated heterocycles. The molecule has 0 bridgehead atoms. The maximum absolute atomic E-state index is 11.9. The van der Waals surface area contributed by atoms with Crippen LogP contribution >= 0.6 is 0 Å². The molecule has 0 fully saturated rings. The van der Waals surface area contributed by atoms with Crippen LogP contribution in [0.15, 0.2) is 298 Å². The Bertz CT molecular complexity index is 8280. The number of aromatic nitrogens is 9. The molecule has 3 N–H and O–H groups in total.